The lowest BCUT2D eigenvalue weighted by Gasteiger charge is -2.19. The molecule has 1 atom stereocenters. The van der Waals surface area contributed by atoms with Gasteiger partial charge in [-0.05, 0) is 31.7 Å². The Morgan fingerprint density at radius 1 is 1.44 bits per heavy atom. The third-order valence-electron chi connectivity index (χ3n) is 2.16. The van der Waals surface area contributed by atoms with Gasteiger partial charge in [0.2, 0.25) is 0 Å². The van der Waals surface area contributed by atoms with Crippen molar-refractivity contribution in [2.45, 2.75) is 13.0 Å². The summed E-state index contributed by atoms with van der Waals surface area (Å²) in [5.41, 5.74) is 1.13. The Labute approximate surface area is 102 Å². The maximum atomic E-state index is 6.05. The average Bonchev–Trinajstić information content (AvgIpc) is 2.24. The average molecular weight is 244 g/mol. The van der Waals surface area contributed by atoms with Crippen molar-refractivity contribution >= 4 is 11.6 Å². The molecule has 1 aromatic carbocycles. The first kappa shape index (κ1) is 13.3. The quantitative estimate of drug-likeness (QED) is 0.832. The van der Waals surface area contributed by atoms with Gasteiger partial charge in [0.25, 0.3) is 0 Å². The fourth-order valence-corrected chi connectivity index (χ4v) is 1.59. The summed E-state index contributed by atoms with van der Waals surface area (Å²) in [6.07, 6.45) is -0.0331. The van der Waals surface area contributed by atoms with Crippen molar-refractivity contribution in [1.29, 1.82) is 0 Å². The number of halogens is 1. The van der Waals surface area contributed by atoms with E-state index in [9.17, 15) is 0 Å². The molecule has 0 saturated heterocycles. The molecule has 1 N–H and O–H groups in total. The number of ether oxygens (including phenoxy) is 2. The van der Waals surface area contributed by atoms with Crippen molar-refractivity contribution in [1.82, 2.24) is 5.32 Å². The van der Waals surface area contributed by atoms with Gasteiger partial charge in [0.05, 0.1) is 11.6 Å². The predicted octanol–water partition coefficient (Wildman–Crippen LogP) is 2.26. The Morgan fingerprint density at radius 2 is 2.19 bits per heavy atom. The van der Waals surface area contributed by atoms with Crippen LogP contribution in [0.5, 0.6) is 5.75 Å². The lowest BCUT2D eigenvalue weighted by atomic mass is 10.2. The summed E-state index contributed by atoms with van der Waals surface area (Å²) in [5.74, 6) is 0.707. The fraction of sp³-hybridized carbons (Fsp3) is 0.500. The molecule has 0 fully saturated rings. The van der Waals surface area contributed by atoms with Crippen molar-refractivity contribution in [2.75, 3.05) is 27.3 Å². The minimum Gasteiger partial charge on any atom is -0.485 e. The van der Waals surface area contributed by atoms with Crippen LogP contribution in [0.25, 0.3) is 0 Å². The number of rotatable bonds is 6. The molecule has 3 nitrogen and oxygen atoms in total. The van der Waals surface area contributed by atoms with Crippen LogP contribution in [0.2, 0.25) is 5.02 Å². The molecular weight excluding hydrogens is 226 g/mol. The molecule has 0 bridgehead atoms. The first-order chi connectivity index (χ1) is 7.67. The summed E-state index contributed by atoms with van der Waals surface area (Å²) >= 11 is 6.05. The van der Waals surface area contributed by atoms with Gasteiger partial charge >= 0.3 is 0 Å². The van der Waals surface area contributed by atoms with Crippen molar-refractivity contribution < 1.29 is 9.47 Å². The summed E-state index contributed by atoms with van der Waals surface area (Å²) in [5, 5.41) is 3.69. The standard InChI is InChI=1S/C12H18ClNO2/c1-9-4-5-11(13)12(6-9)16-10(7-14-2)8-15-3/h4-6,10,14H,7-8H2,1-3H3. The molecule has 1 rings (SSSR count). The Balaban J connectivity index is 2.71. The molecule has 0 aliphatic rings. The van der Waals surface area contributed by atoms with Crippen LogP contribution in [0.4, 0.5) is 0 Å². The first-order valence-corrected chi connectivity index (χ1v) is 5.61. The third kappa shape index (κ3) is 4.00. The van der Waals surface area contributed by atoms with Crippen LogP contribution >= 0.6 is 11.6 Å². The summed E-state index contributed by atoms with van der Waals surface area (Å²) in [4.78, 5) is 0. The summed E-state index contributed by atoms with van der Waals surface area (Å²) < 4.78 is 10.9. The highest BCUT2D eigenvalue weighted by Crippen LogP contribution is 2.26. The predicted molar refractivity (Wildman–Crippen MR) is 66.4 cm³/mol. The van der Waals surface area contributed by atoms with Crippen LogP contribution in [-0.2, 0) is 4.74 Å². The van der Waals surface area contributed by atoms with Gasteiger partial charge in [0, 0.05) is 13.7 Å². The Kier molecular flexibility index (Phi) is 5.60. The lowest BCUT2D eigenvalue weighted by molar-refractivity contribution is 0.0819. The van der Waals surface area contributed by atoms with E-state index < -0.39 is 0 Å². The molecule has 0 spiro atoms. The number of hydrogen-bond donors (Lipinski definition) is 1. The first-order valence-electron chi connectivity index (χ1n) is 5.23. The Morgan fingerprint density at radius 3 is 2.81 bits per heavy atom. The molecule has 90 valence electrons. The van der Waals surface area contributed by atoms with E-state index in [1.54, 1.807) is 7.11 Å². The van der Waals surface area contributed by atoms with Crippen molar-refractivity contribution in [3.05, 3.63) is 28.8 Å². The van der Waals surface area contributed by atoms with E-state index in [1.165, 1.54) is 0 Å². The highest BCUT2D eigenvalue weighted by Gasteiger charge is 2.11. The molecule has 0 heterocycles. The van der Waals surface area contributed by atoms with E-state index in [-0.39, 0.29) is 6.10 Å². The Hall–Kier alpha value is -0.770. The monoisotopic (exact) mass is 243 g/mol. The molecule has 0 amide bonds. The smallest absolute Gasteiger partial charge is 0.138 e. The maximum Gasteiger partial charge on any atom is 0.138 e. The Bertz CT molecular complexity index is 325. The van der Waals surface area contributed by atoms with E-state index >= 15 is 0 Å². The molecule has 0 radical (unpaired) electrons. The number of aryl methyl sites for hydroxylation is 1. The summed E-state index contributed by atoms with van der Waals surface area (Å²) in [6, 6.07) is 5.73. The van der Waals surface area contributed by atoms with Gasteiger partial charge in [0.1, 0.15) is 11.9 Å². The maximum absolute atomic E-state index is 6.05. The number of nitrogens with one attached hydrogen (secondary N) is 1. The van der Waals surface area contributed by atoms with Crippen LogP contribution in [0.3, 0.4) is 0 Å². The molecule has 0 aromatic heterocycles. The summed E-state index contributed by atoms with van der Waals surface area (Å²) in [7, 11) is 3.54. The zero-order chi connectivity index (χ0) is 12.0. The number of methoxy groups -OCH3 is 1. The highest BCUT2D eigenvalue weighted by molar-refractivity contribution is 6.32. The van der Waals surface area contributed by atoms with Crippen molar-refractivity contribution in [3.8, 4) is 5.75 Å². The second-order valence-electron chi connectivity index (χ2n) is 3.69. The zero-order valence-electron chi connectivity index (χ0n) is 9.92. The molecule has 1 aromatic rings. The van der Waals surface area contributed by atoms with Crippen LogP contribution in [0.15, 0.2) is 18.2 Å². The topological polar surface area (TPSA) is 30.5 Å². The van der Waals surface area contributed by atoms with Gasteiger partial charge in [-0.2, -0.15) is 0 Å². The number of hydrogen-bond acceptors (Lipinski definition) is 3. The summed E-state index contributed by atoms with van der Waals surface area (Å²) in [6.45, 7) is 3.26. The molecule has 0 saturated carbocycles. The zero-order valence-corrected chi connectivity index (χ0v) is 10.7. The second-order valence-corrected chi connectivity index (χ2v) is 4.09. The van der Waals surface area contributed by atoms with Gasteiger partial charge < -0.3 is 14.8 Å². The number of benzene rings is 1. The SMILES string of the molecule is CNCC(COC)Oc1cc(C)ccc1Cl. The van der Waals surface area contributed by atoms with E-state index in [4.69, 9.17) is 21.1 Å². The normalized spacial score (nSPS) is 12.5. The van der Waals surface area contributed by atoms with E-state index in [1.807, 2.05) is 32.2 Å². The van der Waals surface area contributed by atoms with Crippen LogP contribution in [-0.4, -0.2) is 33.4 Å². The van der Waals surface area contributed by atoms with E-state index in [0.717, 1.165) is 12.1 Å². The number of likely N-dealkylation sites (N-methyl/N-ethyl adjacent to an activating group) is 1. The van der Waals surface area contributed by atoms with Gasteiger partial charge in [-0.15, -0.1) is 0 Å². The van der Waals surface area contributed by atoms with Crippen molar-refractivity contribution in [2.24, 2.45) is 0 Å². The molecule has 4 heteroatoms. The van der Waals surface area contributed by atoms with Gasteiger partial charge in [0.15, 0.2) is 0 Å². The molecule has 0 aliphatic heterocycles. The van der Waals surface area contributed by atoms with Crippen LogP contribution in [0, 0.1) is 6.92 Å². The highest BCUT2D eigenvalue weighted by atomic mass is 35.5. The third-order valence-corrected chi connectivity index (χ3v) is 2.48. The molecular formula is C12H18ClNO2. The second kappa shape index (κ2) is 6.74. The largest absolute Gasteiger partial charge is 0.485 e. The fourth-order valence-electron chi connectivity index (χ4n) is 1.43. The molecule has 16 heavy (non-hydrogen) atoms. The molecule has 0 aliphatic carbocycles. The van der Waals surface area contributed by atoms with Gasteiger partial charge in [-0.1, -0.05) is 17.7 Å². The van der Waals surface area contributed by atoms with Gasteiger partial charge in [-0.3, -0.25) is 0 Å². The van der Waals surface area contributed by atoms with Crippen LogP contribution in [0.1, 0.15) is 5.56 Å². The van der Waals surface area contributed by atoms with E-state index in [2.05, 4.69) is 5.32 Å². The lowest BCUT2D eigenvalue weighted by Crippen LogP contribution is -2.33. The molecule has 1 unspecified atom stereocenters. The van der Waals surface area contributed by atoms with E-state index in [0.29, 0.717) is 17.4 Å². The minimum atomic E-state index is -0.0331. The van der Waals surface area contributed by atoms with Crippen LogP contribution < -0.4 is 10.1 Å². The van der Waals surface area contributed by atoms with Gasteiger partial charge in [-0.25, -0.2) is 0 Å². The minimum absolute atomic E-state index is 0.0331. The van der Waals surface area contributed by atoms with Crippen molar-refractivity contribution in [3.63, 3.8) is 0 Å².